The largest absolute Gasteiger partial charge is 0.464 e. The van der Waals surface area contributed by atoms with Crippen LogP contribution in [0.3, 0.4) is 0 Å². The van der Waals surface area contributed by atoms with Crippen molar-refractivity contribution in [2.24, 2.45) is 10.3 Å². The number of esters is 1. The first-order chi connectivity index (χ1) is 16.2. The molecule has 34 heavy (non-hydrogen) atoms. The first-order valence-electron chi connectivity index (χ1n) is 9.78. The van der Waals surface area contributed by atoms with Crippen LogP contribution in [0, 0.1) is 6.92 Å². The molecule has 0 spiro atoms. The predicted molar refractivity (Wildman–Crippen MR) is 121 cm³/mol. The summed E-state index contributed by atoms with van der Waals surface area (Å²) in [5, 5.41) is 14.6. The van der Waals surface area contributed by atoms with E-state index in [1.54, 1.807) is 36.4 Å². The molecule has 3 aromatic rings. The number of rotatable bonds is 8. The predicted octanol–water partition coefficient (Wildman–Crippen LogP) is 4.30. The van der Waals surface area contributed by atoms with Gasteiger partial charge in [-0.1, -0.05) is 71.0 Å². The Morgan fingerprint density at radius 3 is 2.47 bits per heavy atom. The molecule has 0 unspecified atom stereocenters. The number of nitrogens with zero attached hydrogens (tertiary/aromatic N) is 5. The smallest absolute Gasteiger partial charge is 0.453 e. The first kappa shape index (κ1) is 25.0. The molecular weight excluding hydrogens is 471 g/mol. The van der Waals surface area contributed by atoms with Crippen LogP contribution in [0.25, 0.3) is 0 Å². The Bertz CT molecular complexity index is 1210. The number of carbonyl (C=O) groups is 1. The highest BCUT2D eigenvalue weighted by Gasteiger charge is 2.39. The van der Waals surface area contributed by atoms with Crippen LogP contribution in [-0.2, 0) is 26.3 Å². The molecule has 0 atom stereocenters. The maximum absolute atomic E-state index is 13.5. The van der Waals surface area contributed by atoms with E-state index in [2.05, 4.69) is 20.5 Å². The van der Waals surface area contributed by atoms with Gasteiger partial charge in [0.1, 0.15) is 7.11 Å². The van der Waals surface area contributed by atoms with Gasteiger partial charge in [-0.15, -0.1) is 10.2 Å². The molecule has 178 valence electrons. The number of halogens is 3. The van der Waals surface area contributed by atoms with E-state index in [4.69, 9.17) is 9.57 Å². The third-order valence-corrected chi connectivity index (χ3v) is 5.42. The number of aromatic nitrogens is 3. The summed E-state index contributed by atoms with van der Waals surface area (Å²) in [5.41, 5.74) is 2.56. The lowest BCUT2D eigenvalue weighted by Gasteiger charge is -2.10. The number of thioether (sulfide) groups is 1. The number of carbonyl (C=O) groups excluding carboxylic acids is 1. The molecule has 2 aromatic carbocycles. The van der Waals surface area contributed by atoms with E-state index in [1.165, 1.54) is 20.4 Å². The Morgan fingerprint density at radius 1 is 1.12 bits per heavy atom. The van der Waals surface area contributed by atoms with Crippen LogP contribution in [0.5, 0.6) is 0 Å². The van der Waals surface area contributed by atoms with Crippen LogP contribution in [0.15, 0.2) is 63.9 Å². The zero-order chi connectivity index (χ0) is 24.7. The van der Waals surface area contributed by atoms with Crippen molar-refractivity contribution < 1.29 is 27.5 Å². The summed E-state index contributed by atoms with van der Waals surface area (Å²) in [7, 11) is 2.49. The first-order valence-corrected chi connectivity index (χ1v) is 10.8. The fourth-order valence-electron chi connectivity index (χ4n) is 2.82. The van der Waals surface area contributed by atoms with Gasteiger partial charge in [-0.25, -0.2) is 4.79 Å². The number of ether oxygens (including phenoxy) is 1. The summed E-state index contributed by atoms with van der Waals surface area (Å²) in [6, 6.07) is 13.9. The molecule has 0 amide bonds. The highest BCUT2D eigenvalue weighted by Crippen LogP contribution is 2.32. The molecule has 0 radical (unpaired) electrons. The number of methoxy groups -OCH3 is 1. The van der Waals surface area contributed by atoms with Crippen LogP contribution in [0.1, 0.15) is 28.1 Å². The van der Waals surface area contributed by atoms with E-state index in [0.717, 1.165) is 17.3 Å². The lowest BCUT2D eigenvalue weighted by molar-refractivity contribution is -0.147. The Kier molecular flexibility index (Phi) is 8.05. The molecule has 0 bridgehead atoms. The second kappa shape index (κ2) is 11.0. The van der Waals surface area contributed by atoms with Crippen LogP contribution < -0.4 is 0 Å². The lowest BCUT2D eigenvalue weighted by atomic mass is 10.0. The summed E-state index contributed by atoms with van der Waals surface area (Å²) in [4.78, 5) is 16.9. The molecule has 0 saturated heterocycles. The average molecular weight is 491 g/mol. The minimum absolute atomic E-state index is 0.0731. The summed E-state index contributed by atoms with van der Waals surface area (Å²) in [6.45, 7) is 1.90. The highest BCUT2D eigenvalue weighted by atomic mass is 32.2. The van der Waals surface area contributed by atoms with Crippen LogP contribution in [0.4, 0.5) is 13.2 Å². The standard InChI is InChI=1S/C22H20F3N5O3S/c1-14-8-10-15(11-9-14)12-26-30-20(22(23,24)25)27-28-21(30)34-13-16-6-4-5-7-17(16)18(29-33-3)19(31)32-2/h4-12H,13H2,1-3H3/b26-12+,29-18+. The molecule has 0 aliphatic heterocycles. The molecule has 8 nitrogen and oxygen atoms in total. The lowest BCUT2D eigenvalue weighted by Crippen LogP contribution is -2.19. The Balaban J connectivity index is 1.93. The van der Waals surface area contributed by atoms with Crippen molar-refractivity contribution in [3.05, 3.63) is 76.6 Å². The van der Waals surface area contributed by atoms with Gasteiger partial charge in [0, 0.05) is 11.3 Å². The number of hydrogen-bond donors (Lipinski definition) is 0. The molecule has 1 aromatic heterocycles. The highest BCUT2D eigenvalue weighted by molar-refractivity contribution is 7.98. The summed E-state index contributed by atoms with van der Waals surface area (Å²) >= 11 is 0.971. The Labute approximate surface area is 197 Å². The molecule has 0 fully saturated rings. The van der Waals surface area contributed by atoms with E-state index >= 15 is 0 Å². The zero-order valence-corrected chi connectivity index (χ0v) is 19.2. The van der Waals surface area contributed by atoms with E-state index in [0.29, 0.717) is 21.4 Å². The maximum atomic E-state index is 13.5. The zero-order valence-electron chi connectivity index (χ0n) is 18.4. The van der Waals surface area contributed by atoms with Crippen molar-refractivity contribution in [2.75, 3.05) is 14.2 Å². The minimum atomic E-state index is -4.75. The number of benzene rings is 2. The van der Waals surface area contributed by atoms with Gasteiger partial charge in [0.05, 0.1) is 13.3 Å². The second-order valence-corrected chi connectivity index (χ2v) is 7.77. The van der Waals surface area contributed by atoms with E-state index in [9.17, 15) is 18.0 Å². The number of hydrogen-bond acceptors (Lipinski definition) is 8. The van der Waals surface area contributed by atoms with E-state index < -0.39 is 18.0 Å². The van der Waals surface area contributed by atoms with Gasteiger partial charge in [0.25, 0.3) is 5.82 Å². The van der Waals surface area contributed by atoms with Gasteiger partial charge in [-0.3, -0.25) is 0 Å². The maximum Gasteiger partial charge on any atom is 0.453 e. The van der Waals surface area contributed by atoms with Crippen LogP contribution in [-0.4, -0.2) is 47.0 Å². The van der Waals surface area contributed by atoms with Gasteiger partial charge in [0.2, 0.25) is 5.16 Å². The van der Waals surface area contributed by atoms with Gasteiger partial charge >= 0.3 is 12.1 Å². The summed E-state index contributed by atoms with van der Waals surface area (Å²) in [5.74, 6) is -1.82. The fraction of sp³-hybridized carbons (Fsp3) is 0.227. The molecule has 1 heterocycles. The van der Waals surface area contributed by atoms with Gasteiger partial charge in [-0.05, 0) is 18.1 Å². The van der Waals surface area contributed by atoms with Crippen molar-refractivity contribution in [3.63, 3.8) is 0 Å². The fourth-order valence-corrected chi connectivity index (χ4v) is 3.71. The van der Waals surface area contributed by atoms with Gasteiger partial charge in [-0.2, -0.15) is 22.9 Å². The van der Waals surface area contributed by atoms with Crippen molar-refractivity contribution >= 4 is 29.7 Å². The minimum Gasteiger partial charge on any atom is -0.464 e. The SMILES string of the molecule is CO/N=C(/C(=O)OC)c1ccccc1CSc1nnc(C(F)(F)F)n1/N=C/c1ccc(C)cc1. The van der Waals surface area contributed by atoms with E-state index in [1.807, 2.05) is 19.1 Å². The monoisotopic (exact) mass is 491 g/mol. The molecular formula is C22H20F3N5O3S. The number of oxime groups is 1. The van der Waals surface area contributed by atoms with Crippen molar-refractivity contribution in [3.8, 4) is 0 Å². The molecule has 0 aliphatic carbocycles. The quantitative estimate of drug-likeness (QED) is 0.202. The number of alkyl halides is 3. The third-order valence-electron chi connectivity index (χ3n) is 4.46. The molecule has 0 N–H and O–H groups in total. The van der Waals surface area contributed by atoms with Gasteiger partial charge < -0.3 is 9.57 Å². The molecule has 0 aliphatic rings. The second-order valence-electron chi connectivity index (χ2n) is 6.83. The number of aryl methyl sites for hydroxylation is 1. The van der Waals surface area contributed by atoms with Crippen molar-refractivity contribution in [1.29, 1.82) is 0 Å². The van der Waals surface area contributed by atoms with Crippen molar-refractivity contribution in [2.45, 2.75) is 24.0 Å². The summed E-state index contributed by atoms with van der Waals surface area (Å²) < 4.78 is 45.9. The molecule has 3 rings (SSSR count). The van der Waals surface area contributed by atoms with E-state index in [-0.39, 0.29) is 16.6 Å². The molecule has 0 saturated carbocycles. The van der Waals surface area contributed by atoms with Crippen molar-refractivity contribution in [1.82, 2.24) is 14.9 Å². The topological polar surface area (TPSA) is 91.0 Å². The Morgan fingerprint density at radius 2 is 1.82 bits per heavy atom. The third kappa shape index (κ3) is 6.01. The summed E-state index contributed by atoms with van der Waals surface area (Å²) in [6.07, 6.45) is -3.45. The average Bonchev–Trinajstić information content (AvgIpc) is 3.24. The van der Waals surface area contributed by atoms with Crippen LogP contribution in [0.2, 0.25) is 0 Å². The molecule has 12 heteroatoms. The van der Waals surface area contributed by atoms with Gasteiger partial charge in [0.15, 0.2) is 5.71 Å². The Hall–Kier alpha value is -3.67. The van der Waals surface area contributed by atoms with Crippen LogP contribution >= 0.6 is 11.8 Å². The normalized spacial score (nSPS) is 12.2.